The first kappa shape index (κ1) is 8.02. The van der Waals surface area contributed by atoms with E-state index in [1.165, 1.54) is 12.8 Å². The molecule has 0 saturated carbocycles. The Bertz CT molecular complexity index is 83.3. The van der Waals surface area contributed by atoms with Crippen molar-refractivity contribution in [3.63, 3.8) is 0 Å². The van der Waals surface area contributed by atoms with Crippen molar-refractivity contribution < 1.29 is 4.74 Å². The maximum Gasteiger partial charge on any atom is 0.0517 e. The maximum atomic E-state index is 5.08. The highest BCUT2D eigenvalue weighted by Gasteiger charge is 2.28. The summed E-state index contributed by atoms with van der Waals surface area (Å²) >= 11 is 0. The first-order valence-corrected chi connectivity index (χ1v) is 4.10. The molecule has 0 aliphatic carbocycles. The number of hydrogen-bond acceptors (Lipinski definition) is 2. The Balaban J connectivity index is 2.09. The van der Waals surface area contributed by atoms with E-state index in [0.29, 0.717) is 0 Å². The van der Waals surface area contributed by atoms with Crippen molar-refractivity contribution in [2.45, 2.75) is 25.8 Å². The average molecular weight is 143 g/mol. The molecule has 1 rings (SSSR count). The van der Waals surface area contributed by atoms with E-state index in [9.17, 15) is 0 Å². The quantitative estimate of drug-likeness (QED) is 0.634. The van der Waals surface area contributed by atoms with Crippen LogP contribution in [0.4, 0.5) is 0 Å². The molecule has 60 valence electrons. The molecule has 10 heavy (non-hydrogen) atoms. The first-order valence-electron chi connectivity index (χ1n) is 4.10. The number of rotatable bonds is 4. The van der Waals surface area contributed by atoms with E-state index in [-0.39, 0.29) is 0 Å². The topological polar surface area (TPSA) is 21.3 Å². The molecule has 1 fully saturated rings. The van der Waals surface area contributed by atoms with Gasteiger partial charge < -0.3 is 10.1 Å². The average Bonchev–Trinajstić information content (AvgIpc) is 1.93. The molecule has 2 heteroatoms. The van der Waals surface area contributed by atoms with Crippen molar-refractivity contribution in [1.29, 1.82) is 0 Å². The lowest BCUT2D eigenvalue weighted by Crippen LogP contribution is -2.54. The molecule has 1 N–H and O–H groups in total. The van der Waals surface area contributed by atoms with Gasteiger partial charge in [-0.15, -0.1) is 0 Å². The van der Waals surface area contributed by atoms with Gasteiger partial charge in [-0.1, -0.05) is 13.3 Å². The molecule has 0 aromatic carbocycles. The third-order valence-corrected chi connectivity index (χ3v) is 2.19. The van der Waals surface area contributed by atoms with Crippen molar-refractivity contribution in [3.8, 4) is 0 Å². The molecule has 0 aromatic heterocycles. The van der Waals surface area contributed by atoms with Crippen LogP contribution in [0.5, 0.6) is 0 Å². The van der Waals surface area contributed by atoms with E-state index in [4.69, 9.17) is 4.74 Å². The second kappa shape index (κ2) is 3.94. The highest BCUT2D eigenvalue weighted by atomic mass is 16.5. The van der Waals surface area contributed by atoms with Crippen molar-refractivity contribution in [2.75, 3.05) is 20.3 Å². The van der Waals surface area contributed by atoms with Gasteiger partial charge in [0.15, 0.2) is 0 Å². The molecule has 2 unspecified atom stereocenters. The van der Waals surface area contributed by atoms with Gasteiger partial charge in [-0.05, 0) is 6.42 Å². The van der Waals surface area contributed by atoms with Crippen molar-refractivity contribution in [2.24, 2.45) is 5.92 Å². The van der Waals surface area contributed by atoms with E-state index in [0.717, 1.165) is 25.1 Å². The number of nitrogens with one attached hydrogen (secondary N) is 1. The van der Waals surface area contributed by atoms with Gasteiger partial charge in [-0.25, -0.2) is 0 Å². The molecular formula is C8H17NO. The minimum absolute atomic E-state index is 0.741. The summed E-state index contributed by atoms with van der Waals surface area (Å²) < 4.78 is 5.08. The molecule has 1 saturated heterocycles. The molecule has 1 aliphatic rings. The Morgan fingerprint density at radius 3 is 2.80 bits per heavy atom. The predicted octanol–water partition coefficient (Wildman–Crippen LogP) is 1.02. The Kier molecular flexibility index (Phi) is 3.16. The van der Waals surface area contributed by atoms with Crippen LogP contribution in [-0.4, -0.2) is 26.3 Å². The SMILES string of the molecule is CCCC1NCC1COC. The summed E-state index contributed by atoms with van der Waals surface area (Å²) in [6.45, 7) is 4.31. The summed E-state index contributed by atoms with van der Waals surface area (Å²) in [7, 11) is 1.78. The monoisotopic (exact) mass is 143 g/mol. The molecule has 0 aromatic rings. The summed E-state index contributed by atoms with van der Waals surface area (Å²) in [6, 6.07) is 0.741. The van der Waals surface area contributed by atoms with Gasteiger partial charge in [-0.2, -0.15) is 0 Å². The lowest BCUT2D eigenvalue weighted by Gasteiger charge is -2.37. The van der Waals surface area contributed by atoms with E-state index in [1.54, 1.807) is 7.11 Å². The summed E-state index contributed by atoms with van der Waals surface area (Å²) in [6.07, 6.45) is 2.58. The van der Waals surface area contributed by atoms with Gasteiger partial charge in [0.1, 0.15) is 0 Å². The zero-order valence-corrected chi connectivity index (χ0v) is 6.89. The molecule has 2 nitrogen and oxygen atoms in total. The normalized spacial score (nSPS) is 31.8. The highest BCUT2D eigenvalue weighted by molar-refractivity contribution is 4.87. The Morgan fingerprint density at radius 1 is 1.60 bits per heavy atom. The first-order chi connectivity index (χ1) is 4.88. The van der Waals surface area contributed by atoms with Gasteiger partial charge in [-0.3, -0.25) is 0 Å². The number of methoxy groups -OCH3 is 1. The standard InChI is InChI=1S/C8H17NO/c1-3-4-8-7(5-9-8)6-10-2/h7-9H,3-6H2,1-2H3. The fourth-order valence-electron chi connectivity index (χ4n) is 1.49. The van der Waals surface area contributed by atoms with Crippen molar-refractivity contribution in [1.82, 2.24) is 5.32 Å². The summed E-state index contributed by atoms with van der Waals surface area (Å²) in [5.74, 6) is 0.782. The fourth-order valence-corrected chi connectivity index (χ4v) is 1.49. The van der Waals surface area contributed by atoms with Crippen LogP contribution < -0.4 is 5.32 Å². The maximum absolute atomic E-state index is 5.08. The van der Waals surface area contributed by atoms with Crippen LogP contribution >= 0.6 is 0 Å². The second-order valence-electron chi connectivity index (χ2n) is 3.02. The van der Waals surface area contributed by atoms with Crippen LogP contribution in [-0.2, 0) is 4.74 Å². The highest BCUT2D eigenvalue weighted by Crippen LogP contribution is 2.17. The third-order valence-electron chi connectivity index (χ3n) is 2.19. The number of ether oxygens (including phenoxy) is 1. The van der Waals surface area contributed by atoms with Crippen molar-refractivity contribution in [3.05, 3.63) is 0 Å². The zero-order chi connectivity index (χ0) is 7.40. The van der Waals surface area contributed by atoms with Crippen LogP contribution in [0, 0.1) is 5.92 Å². The number of hydrogen-bond donors (Lipinski definition) is 1. The van der Waals surface area contributed by atoms with Gasteiger partial charge in [0, 0.05) is 25.6 Å². The van der Waals surface area contributed by atoms with Gasteiger partial charge >= 0.3 is 0 Å². The van der Waals surface area contributed by atoms with Crippen LogP contribution in [0.15, 0.2) is 0 Å². The molecular weight excluding hydrogens is 126 g/mol. The fraction of sp³-hybridized carbons (Fsp3) is 1.00. The molecule has 2 atom stereocenters. The lowest BCUT2D eigenvalue weighted by molar-refractivity contribution is 0.0846. The Hall–Kier alpha value is -0.0800. The van der Waals surface area contributed by atoms with Crippen LogP contribution in [0.25, 0.3) is 0 Å². The van der Waals surface area contributed by atoms with Crippen molar-refractivity contribution >= 4 is 0 Å². The van der Waals surface area contributed by atoms with E-state index >= 15 is 0 Å². The summed E-state index contributed by atoms with van der Waals surface area (Å²) in [4.78, 5) is 0. The lowest BCUT2D eigenvalue weighted by atomic mass is 9.89. The minimum Gasteiger partial charge on any atom is -0.384 e. The predicted molar refractivity (Wildman–Crippen MR) is 42.1 cm³/mol. The molecule has 1 aliphatic heterocycles. The molecule has 0 amide bonds. The van der Waals surface area contributed by atoms with E-state index < -0.39 is 0 Å². The summed E-state index contributed by atoms with van der Waals surface area (Å²) in [5, 5.41) is 3.40. The van der Waals surface area contributed by atoms with Gasteiger partial charge in [0.2, 0.25) is 0 Å². The van der Waals surface area contributed by atoms with Crippen LogP contribution in [0.1, 0.15) is 19.8 Å². The summed E-state index contributed by atoms with van der Waals surface area (Å²) in [5.41, 5.74) is 0. The van der Waals surface area contributed by atoms with Crippen LogP contribution in [0.3, 0.4) is 0 Å². The molecule has 1 heterocycles. The minimum atomic E-state index is 0.741. The van der Waals surface area contributed by atoms with E-state index in [1.807, 2.05) is 0 Å². The molecule has 0 radical (unpaired) electrons. The second-order valence-corrected chi connectivity index (χ2v) is 3.02. The van der Waals surface area contributed by atoms with E-state index in [2.05, 4.69) is 12.2 Å². The van der Waals surface area contributed by atoms with Gasteiger partial charge in [0.05, 0.1) is 6.61 Å². The Labute approximate surface area is 63.0 Å². The largest absolute Gasteiger partial charge is 0.384 e. The third kappa shape index (κ3) is 1.70. The van der Waals surface area contributed by atoms with Crippen LogP contribution in [0.2, 0.25) is 0 Å². The smallest absolute Gasteiger partial charge is 0.0517 e. The Morgan fingerprint density at radius 2 is 2.40 bits per heavy atom. The molecule has 0 spiro atoms. The zero-order valence-electron chi connectivity index (χ0n) is 6.89. The molecule has 0 bridgehead atoms. The van der Waals surface area contributed by atoms with Gasteiger partial charge in [0.25, 0.3) is 0 Å².